The molecule has 1 N–H and O–H groups in total. The van der Waals surface area contributed by atoms with Crippen molar-refractivity contribution in [3.8, 4) is 5.75 Å². The fourth-order valence-electron chi connectivity index (χ4n) is 3.24. The van der Waals surface area contributed by atoms with Gasteiger partial charge in [0.25, 0.3) is 0 Å². The van der Waals surface area contributed by atoms with Crippen LogP contribution in [-0.4, -0.2) is 60.9 Å². The molecule has 2 amide bonds. The predicted octanol–water partition coefficient (Wildman–Crippen LogP) is 2.39. The van der Waals surface area contributed by atoms with Gasteiger partial charge in [-0.2, -0.15) is 0 Å². The van der Waals surface area contributed by atoms with Crippen LogP contribution < -0.4 is 15.0 Å². The highest BCUT2D eigenvalue weighted by molar-refractivity contribution is 8.01. The number of amides is 2. The Morgan fingerprint density at radius 2 is 2.07 bits per heavy atom. The summed E-state index contributed by atoms with van der Waals surface area (Å²) in [4.78, 5) is 26.6. The molecule has 1 aromatic carbocycles. The van der Waals surface area contributed by atoms with Gasteiger partial charge in [0.05, 0.1) is 26.2 Å². The van der Waals surface area contributed by atoms with Crippen molar-refractivity contribution in [1.29, 1.82) is 0 Å². The predicted molar refractivity (Wildman–Crippen MR) is 113 cm³/mol. The van der Waals surface area contributed by atoms with Crippen molar-refractivity contribution >= 4 is 45.7 Å². The van der Waals surface area contributed by atoms with Crippen molar-refractivity contribution in [3.63, 3.8) is 0 Å². The average molecular weight is 451 g/mol. The molecule has 2 aromatic rings. The van der Waals surface area contributed by atoms with Crippen LogP contribution in [0.3, 0.4) is 0 Å². The van der Waals surface area contributed by atoms with E-state index in [2.05, 4.69) is 15.5 Å². The second-order valence-corrected chi connectivity index (χ2v) is 9.09. The van der Waals surface area contributed by atoms with Gasteiger partial charge in [-0.15, -0.1) is 10.2 Å². The summed E-state index contributed by atoms with van der Waals surface area (Å²) < 4.78 is 16.7. The van der Waals surface area contributed by atoms with E-state index in [0.717, 1.165) is 22.2 Å². The fraction of sp³-hybridized carbons (Fsp3) is 0.474. The lowest BCUT2D eigenvalue weighted by Gasteiger charge is -2.16. The lowest BCUT2D eigenvalue weighted by molar-refractivity contribution is -0.122. The normalized spacial score (nSPS) is 19.4. The van der Waals surface area contributed by atoms with Crippen molar-refractivity contribution in [1.82, 2.24) is 10.2 Å². The third kappa shape index (κ3) is 5.09. The number of nitrogens with one attached hydrogen (secondary N) is 1. The second-order valence-electron chi connectivity index (χ2n) is 6.77. The molecule has 30 heavy (non-hydrogen) atoms. The fourth-order valence-corrected chi connectivity index (χ4v) is 5.02. The summed E-state index contributed by atoms with van der Waals surface area (Å²) in [5.41, 5.74) is 0.751. The van der Waals surface area contributed by atoms with E-state index in [1.54, 1.807) is 35.9 Å². The number of nitrogens with zero attached hydrogens (tertiary/aromatic N) is 3. The Labute approximate surface area is 182 Å². The maximum atomic E-state index is 12.6. The Hall–Kier alpha value is -2.21. The van der Waals surface area contributed by atoms with Crippen LogP contribution in [0.4, 0.5) is 10.8 Å². The lowest BCUT2D eigenvalue weighted by Crippen LogP contribution is -2.28. The van der Waals surface area contributed by atoms with Crippen molar-refractivity contribution in [2.75, 3.05) is 42.8 Å². The van der Waals surface area contributed by atoms with Crippen LogP contribution in [0.25, 0.3) is 0 Å². The Morgan fingerprint density at radius 1 is 1.30 bits per heavy atom. The average Bonchev–Trinajstić information content (AvgIpc) is 3.50. The molecule has 4 rings (SSSR count). The number of hydrogen-bond acceptors (Lipinski definition) is 9. The molecule has 11 heteroatoms. The molecule has 2 fully saturated rings. The van der Waals surface area contributed by atoms with Gasteiger partial charge in [0.1, 0.15) is 5.75 Å². The molecule has 2 aliphatic heterocycles. The van der Waals surface area contributed by atoms with E-state index < -0.39 is 5.92 Å². The number of aromatic nitrogens is 2. The summed E-state index contributed by atoms with van der Waals surface area (Å²) in [5.74, 6) is 0.774. The van der Waals surface area contributed by atoms with E-state index >= 15 is 0 Å². The zero-order valence-electron chi connectivity index (χ0n) is 16.4. The molecule has 0 bridgehead atoms. The van der Waals surface area contributed by atoms with Gasteiger partial charge >= 0.3 is 0 Å². The molecular weight excluding hydrogens is 428 g/mol. The van der Waals surface area contributed by atoms with E-state index in [0.29, 0.717) is 30.6 Å². The van der Waals surface area contributed by atoms with E-state index in [1.165, 1.54) is 11.3 Å². The molecule has 0 saturated carbocycles. The monoisotopic (exact) mass is 450 g/mol. The van der Waals surface area contributed by atoms with Gasteiger partial charge < -0.3 is 24.4 Å². The number of methoxy groups -OCH3 is 1. The molecule has 2 saturated heterocycles. The Balaban J connectivity index is 1.27. The highest BCUT2D eigenvalue weighted by Crippen LogP contribution is 2.30. The Morgan fingerprint density at radius 3 is 2.80 bits per heavy atom. The van der Waals surface area contributed by atoms with Crippen LogP contribution in [0, 0.1) is 5.92 Å². The number of hydrogen-bond donors (Lipinski definition) is 1. The topological polar surface area (TPSA) is 103 Å². The first-order chi connectivity index (χ1) is 14.6. The molecule has 0 aliphatic carbocycles. The lowest BCUT2D eigenvalue weighted by atomic mass is 10.1. The van der Waals surface area contributed by atoms with Gasteiger partial charge in [0, 0.05) is 30.8 Å². The molecule has 9 nitrogen and oxygen atoms in total. The number of benzene rings is 1. The molecule has 1 atom stereocenters. The van der Waals surface area contributed by atoms with Crippen LogP contribution in [-0.2, 0) is 19.1 Å². The van der Waals surface area contributed by atoms with Crippen molar-refractivity contribution in [2.24, 2.45) is 5.92 Å². The third-order valence-corrected chi connectivity index (χ3v) is 6.79. The number of carbonyl (C=O) groups excluding carboxylic acids is 2. The summed E-state index contributed by atoms with van der Waals surface area (Å²) in [7, 11) is 1.59. The Bertz CT molecular complexity index is 885. The van der Waals surface area contributed by atoms with Gasteiger partial charge in [0.15, 0.2) is 10.6 Å². The van der Waals surface area contributed by atoms with Crippen LogP contribution in [0.1, 0.15) is 12.8 Å². The number of ether oxygens (including phenoxy) is 3. The van der Waals surface area contributed by atoms with E-state index in [9.17, 15) is 9.59 Å². The molecule has 0 unspecified atom stereocenters. The molecule has 160 valence electrons. The van der Waals surface area contributed by atoms with Crippen molar-refractivity contribution in [3.05, 3.63) is 24.3 Å². The first-order valence-electron chi connectivity index (χ1n) is 9.57. The van der Waals surface area contributed by atoms with Crippen LogP contribution in [0.5, 0.6) is 5.75 Å². The zero-order valence-corrected chi connectivity index (χ0v) is 18.0. The van der Waals surface area contributed by atoms with Crippen LogP contribution >= 0.6 is 23.1 Å². The van der Waals surface area contributed by atoms with Gasteiger partial charge in [0.2, 0.25) is 16.9 Å². The zero-order chi connectivity index (χ0) is 20.9. The first kappa shape index (κ1) is 21.0. The highest BCUT2D eigenvalue weighted by atomic mass is 32.2. The Kier molecular flexibility index (Phi) is 6.82. The third-order valence-electron chi connectivity index (χ3n) is 4.79. The molecule has 0 spiro atoms. The maximum Gasteiger partial charge on any atom is 0.231 e. The highest BCUT2D eigenvalue weighted by Gasteiger charge is 2.35. The van der Waals surface area contributed by atoms with Gasteiger partial charge in [-0.3, -0.25) is 9.59 Å². The largest absolute Gasteiger partial charge is 0.497 e. The minimum atomic E-state index is -0.434. The number of carbonyl (C=O) groups is 2. The van der Waals surface area contributed by atoms with Gasteiger partial charge in [-0.1, -0.05) is 23.1 Å². The number of thioether (sulfide) groups is 1. The summed E-state index contributed by atoms with van der Waals surface area (Å²) in [6.07, 6.45) is 0.801. The van der Waals surface area contributed by atoms with Gasteiger partial charge in [-0.25, -0.2) is 0 Å². The minimum absolute atomic E-state index is 0.0785. The molecule has 2 aliphatic rings. The number of rotatable bonds is 8. The number of anilines is 2. The van der Waals surface area contributed by atoms with E-state index in [4.69, 9.17) is 14.2 Å². The SMILES string of the molecule is COc1ccc(N2C[C@@H](C(=O)Nc3nnc(SCCC4OCCO4)s3)CC2=O)cc1. The molecular formula is C19H22N4O5S2. The second kappa shape index (κ2) is 9.73. The standard InChI is InChI=1S/C19H22N4O5S2/c1-26-14-4-2-13(3-5-14)23-11-12(10-15(23)24)17(25)20-18-21-22-19(30-18)29-9-6-16-27-7-8-28-16/h2-5,12,16H,6-11H2,1H3,(H,20,21,25)/t12-/m0/s1. The van der Waals surface area contributed by atoms with Crippen LogP contribution in [0.2, 0.25) is 0 Å². The smallest absolute Gasteiger partial charge is 0.231 e. The van der Waals surface area contributed by atoms with Crippen molar-refractivity contribution < 1.29 is 23.8 Å². The first-order valence-corrected chi connectivity index (χ1v) is 11.4. The molecule has 1 aromatic heterocycles. The molecule has 3 heterocycles. The van der Waals surface area contributed by atoms with Gasteiger partial charge in [-0.05, 0) is 24.3 Å². The minimum Gasteiger partial charge on any atom is -0.497 e. The summed E-state index contributed by atoms with van der Waals surface area (Å²) in [6.45, 7) is 1.62. The quantitative estimate of drug-likeness (QED) is 0.483. The summed E-state index contributed by atoms with van der Waals surface area (Å²) >= 11 is 2.87. The summed E-state index contributed by atoms with van der Waals surface area (Å²) in [6, 6.07) is 7.21. The van der Waals surface area contributed by atoms with E-state index in [-0.39, 0.29) is 24.5 Å². The van der Waals surface area contributed by atoms with Crippen LogP contribution in [0.15, 0.2) is 28.6 Å². The van der Waals surface area contributed by atoms with Crippen molar-refractivity contribution in [2.45, 2.75) is 23.5 Å². The summed E-state index contributed by atoms with van der Waals surface area (Å²) in [5, 5.41) is 11.4. The van der Waals surface area contributed by atoms with E-state index in [1.807, 2.05) is 12.1 Å². The maximum absolute atomic E-state index is 12.6. The molecule has 0 radical (unpaired) electrons.